The Morgan fingerprint density at radius 3 is 2.53 bits per heavy atom. The largest absolute Gasteiger partial charge is 0.372 e. The number of nitrogens with one attached hydrogen (secondary N) is 1. The molecule has 1 N–H and O–H groups in total. The Kier molecular flexibility index (Phi) is 6.89. The first-order chi connectivity index (χ1) is 8.26. The molecule has 0 atom stereocenters. The first kappa shape index (κ1) is 14.2. The van der Waals surface area contributed by atoms with E-state index in [2.05, 4.69) is 21.2 Å². The van der Waals surface area contributed by atoms with Crippen molar-refractivity contribution < 1.29 is 9.53 Å². The molecule has 1 amide bonds. The molecule has 1 aromatic rings. The zero-order valence-electron chi connectivity index (χ0n) is 10.0. The fraction of sp³-hybridized carbons (Fsp3) is 0.462. The number of amides is 1. The van der Waals surface area contributed by atoms with Gasteiger partial charge < -0.3 is 10.1 Å². The first-order valence-electron chi connectivity index (χ1n) is 5.74. The van der Waals surface area contributed by atoms with Crippen LogP contribution in [0.2, 0.25) is 0 Å². The van der Waals surface area contributed by atoms with E-state index < -0.39 is 0 Å². The van der Waals surface area contributed by atoms with Crippen LogP contribution in [0.4, 0.5) is 0 Å². The third-order valence-electron chi connectivity index (χ3n) is 2.25. The van der Waals surface area contributed by atoms with Gasteiger partial charge in [0, 0.05) is 18.5 Å². The predicted molar refractivity (Wildman–Crippen MR) is 72.0 cm³/mol. The minimum Gasteiger partial charge on any atom is -0.372 e. The van der Waals surface area contributed by atoms with Crippen molar-refractivity contribution in [2.75, 3.05) is 13.2 Å². The predicted octanol–water partition coefficient (Wildman–Crippen LogP) is 2.62. The van der Waals surface area contributed by atoms with Crippen LogP contribution < -0.4 is 5.32 Å². The summed E-state index contributed by atoms with van der Waals surface area (Å²) in [5, 5.41) is 3.67. The second-order valence-electron chi connectivity index (χ2n) is 3.78. The normalized spacial score (nSPS) is 10.2. The van der Waals surface area contributed by atoms with Crippen molar-refractivity contribution in [3.8, 4) is 0 Å². The molecule has 1 rings (SSSR count). The molecule has 1 aromatic carbocycles. The topological polar surface area (TPSA) is 38.3 Å². The zero-order valence-corrected chi connectivity index (χ0v) is 11.6. The van der Waals surface area contributed by atoms with Gasteiger partial charge in [0.2, 0.25) is 5.91 Å². The highest BCUT2D eigenvalue weighted by Crippen LogP contribution is 2.07. The summed E-state index contributed by atoms with van der Waals surface area (Å²) in [5.41, 5.74) is 2.32. The quantitative estimate of drug-likeness (QED) is 0.621. The van der Waals surface area contributed by atoms with E-state index in [9.17, 15) is 4.79 Å². The maximum atomic E-state index is 11.4. The lowest BCUT2D eigenvalue weighted by Crippen LogP contribution is -2.27. The molecule has 0 spiro atoms. The van der Waals surface area contributed by atoms with E-state index in [1.54, 1.807) is 0 Å². The summed E-state index contributed by atoms with van der Waals surface area (Å²) in [5.74, 6) is -0.0666. The molecule has 0 unspecified atom stereocenters. The Balaban J connectivity index is 2.27. The summed E-state index contributed by atoms with van der Waals surface area (Å²) in [6.07, 6.45) is 0.932. The van der Waals surface area contributed by atoms with Gasteiger partial charge >= 0.3 is 0 Å². The molecule has 94 valence electrons. The average Bonchev–Trinajstić information content (AvgIpc) is 2.37. The van der Waals surface area contributed by atoms with E-state index in [4.69, 9.17) is 4.74 Å². The van der Waals surface area contributed by atoms with Crippen LogP contribution in [0, 0.1) is 0 Å². The summed E-state index contributed by atoms with van der Waals surface area (Å²) in [4.78, 5) is 11.4. The van der Waals surface area contributed by atoms with Crippen LogP contribution in [0.5, 0.6) is 0 Å². The third-order valence-corrected chi connectivity index (χ3v) is 2.90. The fourth-order valence-electron chi connectivity index (χ4n) is 1.31. The Morgan fingerprint density at radius 1 is 1.29 bits per heavy atom. The number of hydrogen-bond acceptors (Lipinski definition) is 2. The van der Waals surface area contributed by atoms with Crippen molar-refractivity contribution in [3.63, 3.8) is 0 Å². The van der Waals surface area contributed by atoms with Crippen LogP contribution in [0.25, 0.3) is 0 Å². The number of benzene rings is 1. The molecule has 0 aliphatic rings. The molecular formula is C13H18BrNO2. The van der Waals surface area contributed by atoms with E-state index in [1.807, 2.05) is 31.2 Å². The van der Waals surface area contributed by atoms with Crippen molar-refractivity contribution in [3.05, 3.63) is 35.4 Å². The average molecular weight is 300 g/mol. The Hall–Kier alpha value is -0.870. The van der Waals surface area contributed by atoms with E-state index >= 15 is 0 Å². The van der Waals surface area contributed by atoms with Gasteiger partial charge in [0.05, 0.1) is 0 Å². The third kappa shape index (κ3) is 5.84. The molecule has 0 saturated carbocycles. The van der Waals surface area contributed by atoms with Crippen LogP contribution in [0.15, 0.2) is 24.3 Å². The summed E-state index contributed by atoms with van der Waals surface area (Å²) < 4.78 is 5.15. The van der Waals surface area contributed by atoms with Crippen molar-refractivity contribution in [1.82, 2.24) is 5.32 Å². The maximum Gasteiger partial charge on any atom is 0.246 e. The fourth-order valence-corrected chi connectivity index (χ4v) is 1.68. The summed E-state index contributed by atoms with van der Waals surface area (Å²) >= 11 is 3.39. The number of hydrogen-bond donors (Lipinski definition) is 1. The molecule has 4 heteroatoms. The maximum absolute atomic E-state index is 11.4. The van der Waals surface area contributed by atoms with Crippen molar-refractivity contribution >= 4 is 21.8 Å². The van der Waals surface area contributed by atoms with Crippen molar-refractivity contribution in [2.24, 2.45) is 0 Å². The molecule has 0 aliphatic carbocycles. The van der Waals surface area contributed by atoms with E-state index in [0.717, 1.165) is 17.3 Å². The standard InChI is InChI=1S/C13H18BrNO2/c1-2-7-17-10-13(16)15-9-12-5-3-11(8-14)4-6-12/h3-6H,2,7-10H2,1H3,(H,15,16). The van der Waals surface area contributed by atoms with Crippen LogP contribution in [0.1, 0.15) is 24.5 Å². The Labute approximate surface area is 111 Å². The molecule has 0 heterocycles. The lowest BCUT2D eigenvalue weighted by atomic mass is 10.1. The SMILES string of the molecule is CCCOCC(=O)NCc1ccc(CBr)cc1. The first-order valence-corrected chi connectivity index (χ1v) is 6.86. The van der Waals surface area contributed by atoms with Gasteiger partial charge in [0.15, 0.2) is 0 Å². The number of carbonyl (C=O) groups is 1. The highest BCUT2D eigenvalue weighted by atomic mass is 79.9. The van der Waals surface area contributed by atoms with Gasteiger partial charge in [-0.2, -0.15) is 0 Å². The van der Waals surface area contributed by atoms with Gasteiger partial charge in [-0.05, 0) is 17.5 Å². The highest BCUT2D eigenvalue weighted by Gasteiger charge is 2.00. The minimum absolute atomic E-state index is 0.0666. The number of ether oxygens (including phenoxy) is 1. The van der Waals surface area contributed by atoms with Gasteiger partial charge in [-0.15, -0.1) is 0 Å². The van der Waals surface area contributed by atoms with Crippen LogP contribution >= 0.6 is 15.9 Å². The number of carbonyl (C=O) groups excluding carboxylic acids is 1. The molecular weight excluding hydrogens is 282 g/mol. The smallest absolute Gasteiger partial charge is 0.246 e. The number of halogens is 1. The van der Waals surface area contributed by atoms with Crippen LogP contribution in [0.3, 0.4) is 0 Å². The van der Waals surface area contributed by atoms with Gasteiger partial charge in [0.25, 0.3) is 0 Å². The van der Waals surface area contributed by atoms with Gasteiger partial charge in [-0.25, -0.2) is 0 Å². The molecule has 3 nitrogen and oxygen atoms in total. The Bertz CT molecular complexity index is 338. The highest BCUT2D eigenvalue weighted by molar-refractivity contribution is 9.08. The van der Waals surface area contributed by atoms with Gasteiger partial charge in [-0.1, -0.05) is 47.1 Å². The van der Waals surface area contributed by atoms with Gasteiger partial charge in [-0.3, -0.25) is 4.79 Å². The zero-order chi connectivity index (χ0) is 12.5. The van der Waals surface area contributed by atoms with Crippen molar-refractivity contribution in [2.45, 2.75) is 25.2 Å². The molecule has 0 aromatic heterocycles. The molecule has 0 saturated heterocycles. The summed E-state index contributed by atoms with van der Waals surface area (Å²) in [7, 11) is 0. The summed E-state index contributed by atoms with van der Waals surface area (Å²) in [6, 6.07) is 8.13. The van der Waals surface area contributed by atoms with Crippen molar-refractivity contribution in [1.29, 1.82) is 0 Å². The molecule has 0 aliphatic heterocycles. The molecule has 17 heavy (non-hydrogen) atoms. The van der Waals surface area contributed by atoms with Gasteiger partial charge in [0.1, 0.15) is 6.61 Å². The monoisotopic (exact) mass is 299 g/mol. The minimum atomic E-state index is -0.0666. The van der Waals surface area contributed by atoms with Crippen LogP contribution in [-0.4, -0.2) is 19.1 Å². The van der Waals surface area contributed by atoms with E-state index in [1.165, 1.54) is 5.56 Å². The lowest BCUT2D eigenvalue weighted by molar-refractivity contribution is -0.125. The summed E-state index contributed by atoms with van der Waals surface area (Å²) in [6.45, 7) is 3.35. The molecule has 0 fully saturated rings. The van der Waals surface area contributed by atoms with Crippen LogP contribution in [-0.2, 0) is 21.4 Å². The van der Waals surface area contributed by atoms with E-state index in [-0.39, 0.29) is 12.5 Å². The number of rotatable bonds is 7. The number of alkyl halides is 1. The molecule has 0 bridgehead atoms. The Morgan fingerprint density at radius 2 is 1.94 bits per heavy atom. The second kappa shape index (κ2) is 8.25. The van der Waals surface area contributed by atoms with E-state index in [0.29, 0.717) is 13.2 Å². The lowest BCUT2D eigenvalue weighted by Gasteiger charge is -2.06. The molecule has 0 radical (unpaired) electrons. The second-order valence-corrected chi connectivity index (χ2v) is 4.34.